The molecule has 0 spiro atoms. The van der Waals surface area contributed by atoms with Crippen LogP contribution in [0.2, 0.25) is 0 Å². The van der Waals surface area contributed by atoms with Gasteiger partial charge in [0.25, 0.3) is 0 Å². The van der Waals surface area contributed by atoms with Gasteiger partial charge in [0, 0.05) is 6.42 Å². The summed E-state index contributed by atoms with van der Waals surface area (Å²) in [6.07, 6.45) is 1.03. The zero-order valence-corrected chi connectivity index (χ0v) is 7.53. The Bertz CT molecular complexity index is 382. The van der Waals surface area contributed by atoms with Crippen LogP contribution in [0.4, 0.5) is 0 Å². The quantitative estimate of drug-likeness (QED) is 0.725. The van der Waals surface area contributed by atoms with Gasteiger partial charge in [0.2, 0.25) is 5.91 Å². The number of phenolic OH excluding ortho intramolecular Hbond substituents is 1. The SMILES string of the molecule is O=C1CC(Cc2ccc(O)cc2)=NN1. The molecule has 2 rings (SSSR count). The maximum atomic E-state index is 10.8. The fourth-order valence-electron chi connectivity index (χ4n) is 1.36. The number of amides is 1. The Morgan fingerprint density at radius 3 is 2.64 bits per heavy atom. The Morgan fingerprint density at radius 1 is 1.36 bits per heavy atom. The van der Waals surface area contributed by atoms with E-state index in [1.165, 1.54) is 0 Å². The lowest BCUT2D eigenvalue weighted by molar-refractivity contribution is -0.119. The first-order valence-corrected chi connectivity index (χ1v) is 4.36. The number of hydrazone groups is 1. The Balaban J connectivity index is 2.04. The van der Waals surface area contributed by atoms with E-state index in [9.17, 15) is 4.79 Å². The van der Waals surface area contributed by atoms with Crippen LogP contribution in [0.15, 0.2) is 29.4 Å². The van der Waals surface area contributed by atoms with Crippen LogP contribution in [0.1, 0.15) is 12.0 Å². The number of nitrogens with zero attached hydrogens (tertiary/aromatic N) is 1. The maximum absolute atomic E-state index is 10.8. The molecule has 0 bridgehead atoms. The van der Waals surface area contributed by atoms with Crippen molar-refractivity contribution in [1.29, 1.82) is 0 Å². The molecule has 0 aliphatic carbocycles. The van der Waals surface area contributed by atoms with Crippen molar-refractivity contribution in [2.75, 3.05) is 0 Å². The molecule has 0 radical (unpaired) electrons. The number of aromatic hydroxyl groups is 1. The summed E-state index contributed by atoms with van der Waals surface area (Å²) in [6, 6.07) is 6.89. The van der Waals surface area contributed by atoms with E-state index in [-0.39, 0.29) is 11.7 Å². The zero-order chi connectivity index (χ0) is 9.97. The van der Waals surface area contributed by atoms with E-state index in [1.54, 1.807) is 12.1 Å². The summed E-state index contributed by atoms with van der Waals surface area (Å²) < 4.78 is 0. The van der Waals surface area contributed by atoms with E-state index in [1.807, 2.05) is 12.1 Å². The van der Waals surface area contributed by atoms with Crippen molar-refractivity contribution in [2.45, 2.75) is 12.8 Å². The van der Waals surface area contributed by atoms with Gasteiger partial charge in [-0.2, -0.15) is 5.10 Å². The number of benzene rings is 1. The van der Waals surface area contributed by atoms with Crippen molar-refractivity contribution in [3.05, 3.63) is 29.8 Å². The van der Waals surface area contributed by atoms with Gasteiger partial charge in [0.1, 0.15) is 5.75 Å². The van der Waals surface area contributed by atoms with Crippen LogP contribution in [0, 0.1) is 0 Å². The van der Waals surface area contributed by atoms with Crippen LogP contribution in [0.5, 0.6) is 5.75 Å². The van der Waals surface area contributed by atoms with E-state index in [2.05, 4.69) is 10.5 Å². The number of nitrogens with one attached hydrogen (secondary N) is 1. The van der Waals surface area contributed by atoms with Crippen molar-refractivity contribution in [1.82, 2.24) is 5.43 Å². The zero-order valence-electron chi connectivity index (χ0n) is 7.53. The third-order valence-electron chi connectivity index (χ3n) is 2.05. The molecule has 0 unspecified atom stereocenters. The van der Waals surface area contributed by atoms with Crippen LogP contribution in [-0.4, -0.2) is 16.7 Å². The topological polar surface area (TPSA) is 61.7 Å². The second-order valence-electron chi connectivity index (χ2n) is 3.23. The second-order valence-corrected chi connectivity index (χ2v) is 3.23. The molecule has 1 aliphatic heterocycles. The molecular weight excluding hydrogens is 180 g/mol. The van der Waals surface area contributed by atoms with Gasteiger partial charge < -0.3 is 5.11 Å². The minimum Gasteiger partial charge on any atom is -0.508 e. The van der Waals surface area contributed by atoms with Gasteiger partial charge in [0.05, 0.1) is 12.1 Å². The van der Waals surface area contributed by atoms with Gasteiger partial charge in [0.15, 0.2) is 0 Å². The molecule has 4 nitrogen and oxygen atoms in total. The first-order chi connectivity index (χ1) is 6.74. The monoisotopic (exact) mass is 190 g/mol. The first-order valence-electron chi connectivity index (χ1n) is 4.36. The van der Waals surface area contributed by atoms with Crippen LogP contribution in [0.3, 0.4) is 0 Å². The summed E-state index contributed by atoms with van der Waals surface area (Å²) in [5.74, 6) is 0.190. The molecule has 1 amide bonds. The lowest BCUT2D eigenvalue weighted by Gasteiger charge is -1.99. The first kappa shape index (κ1) is 8.74. The molecule has 1 aromatic rings. The van der Waals surface area contributed by atoms with E-state index < -0.39 is 0 Å². The molecule has 0 saturated carbocycles. The largest absolute Gasteiger partial charge is 0.508 e. The minimum atomic E-state index is -0.0567. The van der Waals surface area contributed by atoms with E-state index in [0.29, 0.717) is 12.8 Å². The Labute approximate surface area is 81.3 Å². The summed E-state index contributed by atoms with van der Waals surface area (Å²) in [7, 11) is 0. The van der Waals surface area contributed by atoms with Gasteiger partial charge in [-0.25, -0.2) is 5.43 Å². The number of carbonyl (C=O) groups is 1. The molecule has 2 N–H and O–H groups in total. The second kappa shape index (κ2) is 3.49. The van der Waals surface area contributed by atoms with Crippen LogP contribution >= 0.6 is 0 Å². The van der Waals surface area contributed by atoms with Crippen molar-refractivity contribution in [3.8, 4) is 5.75 Å². The Morgan fingerprint density at radius 2 is 2.07 bits per heavy atom. The van der Waals surface area contributed by atoms with Crippen molar-refractivity contribution >= 4 is 11.6 Å². The van der Waals surface area contributed by atoms with E-state index in [0.717, 1.165) is 11.3 Å². The number of rotatable bonds is 2. The summed E-state index contributed by atoms with van der Waals surface area (Å²) in [5.41, 5.74) is 4.27. The summed E-state index contributed by atoms with van der Waals surface area (Å²) >= 11 is 0. The molecule has 0 fully saturated rings. The number of phenols is 1. The lowest BCUT2D eigenvalue weighted by atomic mass is 10.1. The highest BCUT2D eigenvalue weighted by Crippen LogP contribution is 2.12. The highest BCUT2D eigenvalue weighted by Gasteiger charge is 2.14. The summed E-state index contributed by atoms with van der Waals surface area (Å²) in [6.45, 7) is 0. The molecule has 14 heavy (non-hydrogen) atoms. The molecule has 1 aliphatic rings. The maximum Gasteiger partial charge on any atom is 0.245 e. The standard InChI is InChI=1S/C10H10N2O2/c13-9-3-1-7(2-4-9)5-8-6-10(14)12-11-8/h1-4,13H,5-6H2,(H,12,14). The summed E-state index contributed by atoms with van der Waals surface area (Å²) in [5, 5.41) is 13.0. The average Bonchev–Trinajstić information content (AvgIpc) is 2.56. The molecule has 1 heterocycles. The van der Waals surface area contributed by atoms with E-state index in [4.69, 9.17) is 5.11 Å². The van der Waals surface area contributed by atoms with Gasteiger partial charge in [-0.05, 0) is 17.7 Å². The number of carbonyl (C=O) groups excluding carboxylic acids is 1. The predicted octanol–water partition coefficient (Wildman–Crippen LogP) is 0.811. The van der Waals surface area contributed by atoms with E-state index >= 15 is 0 Å². The molecule has 4 heteroatoms. The number of hydrogen-bond acceptors (Lipinski definition) is 3. The Hall–Kier alpha value is -1.84. The van der Waals surface area contributed by atoms with Gasteiger partial charge in [-0.3, -0.25) is 4.79 Å². The fraction of sp³-hybridized carbons (Fsp3) is 0.200. The Kier molecular flexibility index (Phi) is 2.18. The molecule has 72 valence electrons. The van der Waals surface area contributed by atoms with Crippen molar-refractivity contribution in [2.24, 2.45) is 5.10 Å². The smallest absolute Gasteiger partial charge is 0.245 e. The number of hydrogen-bond donors (Lipinski definition) is 2. The third-order valence-corrected chi connectivity index (χ3v) is 2.05. The molecule has 0 atom stereocenters. The highest BCUT2D eigenvalue weighted by molar-refractivity contribution is 6.05. The fourth-order valence-corrected chi connectivity index (χ4v) is 1.36. The highest BCUT2D eigenvalue weighted by atomic mass is 16.3. The van der Waals surface area contributed by atoms with Crippen LogP contribution in [-0.2, 0) is 11.2 Å². The third kappa shape index (κ3) is 1.90. The normalized spacial score (nSPS) is 15.1. The summed E-state index contributed by atoms with van der Waals surface area (Å²) in [4.78, 5) is 10.8. The van der Waals surface area contributed by atoms with Gasteiger partial charge >= 0.3 is 0 Å². The van der Waals surface area contributed by atoms with Gasteiger partial charge in [-0.1, -0.05) is 12.1 Å². The molecule has 1 aromatic carbocycles. The van der Waals surface area contributed by atoms with Crippen LogP contribution in [0.25, 0.3) is 0 Å². The molecule has 0 aromatic heterocycles. The minimum absolute atomic E-state index is 0.0567. The molecule has 0 saturated heterocycles. The van der Waals surface area contributed by atoms with Gasteiger partial charge in [-0.15, -0.1) is 0 Å². The predicted molar refractivity (Wildman–Crippen MR) is 52.0 cm³/mol. The average molecular weight is 190 g/mol. The van der Waals surface area contributed by atoms with Crippen LogP contribution < -0.4 is 5.43 Å². The van der Waals surface area contributed by atoms with Crippen molar-refractivity contribution < 1.29 is 9.90 Å². The van der Waals surface area contributed by atoms with Crippen molar-refractivity contribution in [3.63, 3.8) is 0 Å². The molecular formula is C10H10N2O2. The lowest BCUT2D eigenvalue weighted by Crippen LogP contribution is -2.09.